The molecular weight excluding hydrogens is 244 g/mol. The van der Waals surface area contributed by atoms with E-state index in [0.717, 1.165) is 5.69 Å². The van der Waals surface area contributed by atoms with Gasteiger partial charge in [-0.1, -0.05) is 55.5 Å². The van der Waals surface area contributed by atoms with E-state index in [2.05, 4.69) is 48.4 Å². The van der Waals surface area contributed by atoms with E-state index in [9.17, 15) is 4.79 Å². The average molecular weight is 262 g/mol. The lowest BCUT2D eigenvalue weighted by Crippen LogP contribution is -2.25. The van der Waals surface area contributed by atoms with Crippen LogP contribution in [-0.2, 0) is 6.54 Å². The number of aromatic nitrogens is 1. The zero-order valence-electron chi connectivity index (χ0n) is 10.6. The SMILES string of the molecule is CC(C)C(NCc1csc(=O)[nH]1)c1ccccc1. The van der Waals surface area contributed by atoms with Crippen LogP contribution in [0.25, 0.3) is 0 Å². The van der Waals surface area contributed by atoms with Gasteiger partial charge in [0.05, 0.1) is 0 Å². The van der Waals surface area contributed by atoms with Crippen molar-refractivity contribution in [3.63, 3.8) is 0 Å². The largest absolute Gasteiger partial charge is 0.315 e. The topological polar surface area (TPSA) is 44.9 Å². The molecule has 0 saturated carbocycles. The first-order valence-electron chi connectivity index (χ1n) is 6.12. The lowest BCUT2D eigenvalue weighted by molar-refractivity contribution is 0.409. The van der Waals surface area contributed by atoms with Crippen molar-refractivity contribution in [2.45, 2.75) is 26.4 Å². The number of H-pyrrole nitrogens is 1. The third kappa shape index (κ3) is 3.31. The van der Waals surface area contributed by atoms with Crippen molar-refractivity contribution in [3.05, 3.63) is 56.6 Å². The minimum Gasteiger partial charge on any atom is -0.315 e. The number of nitrogens with one attached hydrogen (secondary N) is 2. The monoisotopic (exact) mass is 262 g/mol. The van der Waals surface area contributed by atoms with Gasteiger partial charge in [-0.05, 0) is 11.5 Å². The standard InChI is InChI=1S/C14H18N2OS/c1-10(2)13(11-6-4-3-5-7-11)15-8-12-9-18-14(17)16-12/h3-7,9-10,13,15H,8H2,1-2H3,(H,16,17). The molecule has 0 bridgehead atoms. The van der Waals surface area contributed by atoms with Crippen LogP contribution >= 0.6 is 11.3 Å². The van der Waals surface area contributed by atoms with Crippen molar-refractivity contribution in [1.82, 2.24) is 10.3 Å². The van der Waals surface area contributed by atoms with Crippen LogP contribution in [-0.4, -0.2) is 4.98 Å². The maximum atomic E-state index is 11.1. The Bertz CT molecular complexity index is 530. The number of benzene rings is 1. The summed E-state index contributed by atoms with van der Waals surface area (Å²) >= 11 is 1.21. The van der Waals surface area contributed by atoms with Crippen LogP contribution in [0, 0.1) is 5.92 Å². The van der Waals surface area contributed by atoms with Gasteiger partial charge in [0, 0.05) is 23.7 Å². The number of aromatic amines is 1. The molecule has 1 atom stereocenters. The summed E-state index contributed by atoms with van der Waals surface area (Å²) in [4.78, 5) is 13.9. The van der Waals surface area contributed by atoms with E-state index >= 15 is 0 Å². The molecule has 0 radical (unpaired) electrons. The minimum absolute atomic E-state index is 0.00704. The summed E-state index contributed by atoms with van der Waals surface area (Å²) in [5.41, 5.74) is 2.23. The fourth-order valence-corrected chi connectivity index (χ4v) is 2.60. The molecule has 1 aromatic heterocycles. The number of hydrogen-bond donors (Lipinski definition) is 2. The molecule has 18 heavy (non-hydrogen) atoms. The molecule has 2 aromatic rings. The molecule has 0 aliphatic heterocycles. The predicted molar refractivity (Wildman–Crippen MR) is 75.8 cm³/mol. The second-order valence-corrected chi connectivity index (χ2v) is 5.53. The molecule has 0 aliphatic carbocycles. The van der Waals surface area contributed by atoms with Gasteiger partial charge in [0.25, 0.3) is 0 Å². The van der Waals surface area contributed by atoms with Crippen molar-refractivity contribution in [2.75, 3.05) is 0 Å². The van der Waals surface area contributed by atoms with E-state index in [1.807, 2.05) is 11.4 Å². The fraction of sp³-hybridized carbons (Fsp3) is 0.357. The van der Waals surface area contributed by atoms with E-state index in [4.69, 9.17) is 0 Å². The van der Waals surface area contributed by atoms with Crippen molar-refractivity contribution >= 4 is 11.3 Å². The summed E-state index contributed by atoms with van der Waals surface area (Å²) in [5.74, 6) is 0.498. The molecule has 0 saturated heterocycles. The van der Waals surface area contributed by atoms with Crippen molar-refractivity contribution < 1.29 is 0 Å². The van der Waals surface area contributed by atoms with Gasteiger partial charge in [-0.15, -0.1) is 0 Å². The first kappa shape index (κ1) is 13.1. The summed E-state index contributed by atoms with van der Waals surface area (Å²) in [5, 5.41) is 5.37. The highest BCUT2D eigenvalue weighted by molar-refractivity contribution is 7.07. The van der Waals surface area contributed by atoms with Crippen LogP contribution in [0.3, 0.4) is 0 Å². The molecule has 2 rings (SSSR count). The highest BCUT2D eigenvalue weighted by atomic mass is 32.1. The Kier molecular flexibility index (Phi) is 4.33. The first-order chi connectivity index (χ1) is 8.66. The van der Waals surface area contributed by atoms with Gasteiger partial charge in [-0.2, -0.15) is 0 Å². The van der Waals surface area contributed by atoms with Gasteiger partial charge >= 0.3 is 4.87 Å². The highest BCUT2D eigenvalue weighted by Crippen LogP contribution is 2.21. The Morgan fingerprint density at radius 3 is 2.56 bits per heavy atom. The Balaban J connectivity index is 2.06. The van der Waals surface area contributed by atoms with Crippen molar-refractivity contribution in [1.29, 1.82) is 0 Å². The lowest BCUT2D eigenvalue weighted by Gasteiger charge is -2.22. The summed E-state index contributed by atoms with van der Waals surface area (Å²) in [6.07, 6.45) is 0. The predicted octanol–water partition coefficient (Wildman–Crippen LogP) is 2.92. The minimum atomic E-state index is 0.00704. The smallest absolute Gasteiger partial charge is 0.304 e. The Hall–Kier alpha value is -1.39. The molecule has 0 spiro atoms. The summed E-state index contributed by atoms with van der Waals surface area (Å²) in [7, 11) is 0. The van der Waals surface area contributed by atoms with Gasteiger partial charge in [-0.25, -0.2) is 0 Å². The molecule has 2 N–H and O–H groups in total. The van der Waals surface area contributed by atoms with E-state index in [0.29, 0.717) is 18.5 Å². The number of hydrogen-bond acceptors (Lipinski definition) is 3. The molecular formula is C14H18N2OS. The molecule has 1 aromatic carbocycles. The van der Waals surface area contributed by atoms with E-state index in [1.165, 1.54) is 16.9 Å². The molecule has 0 fully saturated rings. The van der Waals surface area contributed by atoms with Crippen LogP contribution < -0.4 is 10.2 Å². The Morgan fingerprint density at radius 1 is 1.28 bits per heavy atom. The zero-order valence-corrected chi connectivity index (χ0v) is 11.5. The van der Waals surface area contributed by atoms with Crippen molar-refractivity contribution in [2.24, 2.45) is 5.92 Å². The van der Waals surface area contributed by atoms with Crippen LogP contribution in [0.2, 0.25) is 0 Å². The number of rotatable bonds is 5. The molecule has 4 heteroatoms. The highest BCUT2D eigenvalue weighted by Gasteiger charge is 2.14. The molecule has 1 heterocycles. The third-order valence-corrected chi connectivity index (χ3v) is 3.63. The molecule has 0 amide bonds. The van der Waals surface area contributed by atoms with Crippen LogP contribution in [0.4, 0.5) is 0 Å². The molecule has 96 valence electrons. The van der Waals surface area contributed by atoms with Gasteiger partial charge in [0.1, 0.15) is 0 Å². The first-order valence-corrected chi connectivity index (χ1v) is 7.00. The Morgan fingerprint density at radius 2 is 2.00 bits per heavy atom. The second kappa shape index (κ2) is 5.98. The number of thiazole rings is 1. The quantitative estimate of drug-likeness (QED) is 0.870. The maximum Gasteiger partial charge on any atom is 0.304 e. The zero-order chi connectivity index (χ0) is 13.0. The third-order valence-electron chi connectivity index (χ3n) is 2.91. The fourth-order valence-electron chi connectivity index (χ4n) is 2.02. The van der Waals surface area contributed by atoms with E-state index in [-0.39, 0.29) is 4.87 Å². The molecule has 0 aliphatic rings. The van der Waals surface area contributed by atoms with E-state index in [1.54, 1.807) is 0 Å². The van der Waals surface area contributed by atoms with Crippen molar-refractivity contribution in [3.8, 4) is 0 Å². The average Bonchev–Trinajstić information content (AvgIpc) is 2.76. The van der Waals surface area contributed by atoms with Gasteiger partial charge in [0.15, 0.2) is 0 Å². The van der Waals surface area contributed by atoms with Crippen LogP contribution in [0.5, 0.6) is 0 Å². The van der Waals surface area contributed by atoms with E-state index < -0.39 is 0 Å². The maximum absolute atomic E-state index is 11.1. The lowest BCUT2D eigenvalue weighted by atomic mass is 9.96. The van der Waals surface area contributed by atoms with Gasteiger partial charge in [-0.3, -0.25) is 4.79 Å². The summed E-state index contributed by atoms with van der Waals surface area (Å²) in [6.45, 7) is 5.08. The van der Waals surface area contributed by atoms with Gasteiger partial charge in [0.2, 0.25) is 0 Å². The summed E-state index contributed by atoms with van der Waals surface area (Å²) < 4.78 is 0. The normalized spacial score (nSPS) is 12.8. The van der Waals surface area contributed by atoms with Gasteiger partial charge < -0.3 is 10.3 Å². The van der Waals surface area contributed by atoms with Crippen LogP contribution in [0.1, 0.15) is 31.1 Å². The second-order valence-electron chi connectivity index (χ2n) is 4.69. The molecule has 3 nitrogen and oxygen atoms in total. The summed E-state index contributed by atoms with van der Waals surface area (Å²) in [6, 6.07) is 10.7. The Labute approximate surface area is 111 Å². The molecule has 1 unspecified atom stereocenters. The van der Waals surface area contributed by atoms with Crippen LogP contribution in [0.15, 0.2) is 40.5 Å².